The number of esters is 1. The van der Waals surface area contributed by atoms with Crippen LogP contribution in [0.15, 0.2) is 74.5 Å². The summed E-state index contributed by atoms with van der Waals surface area (Å²) in [5.41, 5.74) is 2.00. The first-order chi connectivity index (χ1) is 17.3. The average Bonchev–Trinajstić information content (AvgIpc) is 3.16. The van der Waals surface area contributed by atoms with Gasteiger partial charge >= 0.3 is 11.9 Å². The van der Waals surface area contributed by atoms with E-state index in [1.54, 1.807) is 56.0 Å². The first-order valence-corrected chi connectivity index (χ1v) is 13.1. The number of carboxylic acids is 1. The molecule has 1 atom stereocenters. The molecule has 0 saturated heterocycles. The van der Waals surface area contributed by atoms with Crippen LogP contribution in [0.25, 0.3) is 6.08 Å². The highest BCUT2D eigenvalue weighted by Crippen LogP contribution is 2.31. The Kier molecular flexibility index (Phi) is 7.76. The highest BCUT2D eigenvalue weighted by atomic mass is 32.2. The molecule has 2 aromatic carbocycles. The zero-order valence-electron chi connectivity index (χ0n) is 19.9. The number of carbonyl (C=O) groups excluding carboxylic acids is 1. The molecule has 0 fully saturated rings. The molecule has 1 aromatic heterocycles. The maximum Gasteiger partial charge on any atom is 0.341 e. The summed E-state index contributed by atoms with van der Waals surface area (Å²) < 4.78 is 12.5. The molecule has 3 aromatic rings. The summed E-state index contributed by atoms with van der Waals surface area (Å²) in [6.45, 7) is 3.23. The normalized spacial score (nSPS) is 15.3. The fourth-order valence-electron chi connectivity index (χ4n) is 3.88. The lowest BCUT2D eigenvalue weighted by Gasteiger charge is -2.24. The number of aromatic nitrogens is 1. The van der Waals surface area contributed by atoms with Crippen LogP contribution in [0.5, 0.6) is 5.75 Å². The van der Waals surface area contributed by atoms with Crippen molar-refractivity contribution in [2.75, 3.05) is 19.5 Å². The quantitative estimate of drug-likeness (QED) is 0.357. The lowest BCUT2D eigenvalue weighted by atomic mass is 9.96. The SMILES string of the molecule is CCOC(=O)C1=C(C)N=c2s/c(=C\c3cccc(OCC(=O)O)c3)c(=O)n2[C@@H]1c1ccc(SC)cc1. The van der Waals surface area contributed by atoms with E-state index in [4.69, 9.17) is 14.6 Å². The summed E-state index contributed by atoms with van der Waals surface area (Å²) in [6.07, 6.45) is 3.68. The third-order valence-corrected chi connectivity index (χ3v) is 7.19. The summed E-state index contributed by atoms with van der Waals surface area (Å²) in [4.78, 5) is 43.5. The molecule has 8 nitrogen and oxygen atoms in total. The van der Waals surface area contributed by atoms with E-state index < -0.39 is 24.6 Å². The number of hydrogen-bond donors (Lipinski definition) is 1. The molecule has 1 N–H and O–H groups in total. The van der Waals surface area contributed by atoms with Gasteiger partial charge in [-0.05, 0) is 61.6 Å². The number of aliphatic carboxylic acids is 1. The summed E-state index contributed by atoms with van der Waals surface area (Å²) in [6, 6.07) is 13.9. The van der Waals surface area contributed by atoms with Crippen molar-refractivity contribution in [1.29, 1.82) is 0 Å². The fraction of sp³-hybridized carbons (Fsp3) is 0.231. The summed E-state index contributed by atoms with van der Waals surface area (Å²) in [5.74, 6) is -1.20. The Morgan fingerprint density at radius 2 is 1.97 bits per heavy atom. The van der Waals surface area contributed by atoms with Crippen LogP contribution < -0.4 is 19.6 Å². The molecule has 0 radical (unpaired) electrons. The van der Waals surface area contributed by atoms with Gasteiger partial charge < -0.3 is 14.6 Å². The van der Waals surface area contributed by atoms with Crippen LogP contribution in [0, 0.1) is 0 Å². The van der Waals surface area contributed by atoms with Crippen molar-refractivity contribution in [2.45, 2.75) is 24.8 Å². The van der Waals surface area contributed by atoms with Gasteiger partial charge in [0, 0.05) is 4.90 Å². The molecule has 4 rings (SSSR count). The van der Waals surface area contributed by atoms with Gasteiger partial charge in [-0.2, -0.15) is 0 Å². The zero-order chi connectivity index (χ0) is 25.8. The van der Waals surface area contributed by atoms with E-state index in [0.29, 0.717) is 31.9 Å². The van der Waals surface area contributed by atoms with E-state index in [1.165, 1.54) is 15.9 Å². The van der Waals surface area contributed by atoms with Crippen LogP contribution >= 0.6 is 23.1 Å². The molecule has 1 aliphatic rings. The standard InChI is InChI=1S/C26H24N2O6S2/c1-4-33-25(32)22-15(2)27-26-28(23(22)17-8-10-19(35-3)11-9-17)24(31)20(36-26)13-16-6-5-7-18(12-16)34-14-21(29)30/h5-13,23H,4,14H2,1-3H3,(H,29,30)/b20-13-/t23-/m1/s1. The van der Waals surface area contributed by atoms with Gasteiger partial charge in [-0.1, -0.05) is 35.6 Å². The smallest absolute Gasteiger partial charge is 0.341 e. The van der Waals surface area contributed by atoms with E-state index in [-0.39, 0.29) is 12.2 Å². The van der Waals surface area contributed by atoms with E-state index >= 15 is 0 Å². The Morgan fingerprint density at radius 3 is 2.64 bits per heavy atom. The fourth-order valence-corrected chi connectivity index (χ4v) is 5.34. The third kappa shape index (κ3) is 5.29. The number of rotatable bonds is 8. The minimum Gasteiger partial charge on any atom is -0.482 e. The first kappa shape index (κ1) is 25.5. The molecule has 36 heavy (non-hydrogen) atoms. The Balaban J connectivity index is 1.85. The number of ether oxygens (including phenoxy) is 2. The lowest BCUT2D eigenvalue weighted by Crippen LogP contribution is -2.39. The number of carboxylic acid groups (broad SMARTS) is 1. The number of hydrogen-bond acceptors (Lipinski definition) is 8. The van der Waals surface area contributed by atoms with E-state index in [0.717, 1.165) is 10.5 Å². The Morgan fingerprint density at radius 1 is 1.22 bits per heavy atom. The molecule has 0 saturated carbocycles. The first-order valence-electron chi connectivity index (χ1n) is 11.1. The minimum absolute atomic E-state index is 0.207. The predicted molar refractivity (Wildman–Crippen MR) is 138 cm³/mol. The summed E-state index contributed by atoms with van der Waals surface area (Å²) >= 11 is 2.82. The van der Waals surface area contributed by atoms with Crippen molar-refractivity contribution in [3.05, 3.63) is 90.6 Å². The molecule has 2 heterocycles. The number of benzene rings is 2. The van der Waals surface area contributed by atoms with Crippen LogP contribution in [0.1, 0.15) is 31.0 Å². The topological polar surface area (TPSA) is 107 Å². The number of carbonyl (C=O) groups is 2. The van der Waals surface area contributed by atoms with E-state index in [1.807, 2.05) is 30.5 Å². The number of fused-ring (bicyclic) bond motifs is 1. The van der Waals surface area contributed by atoms with Crippen molar-refractivity contribution in [1.82, 2.24) is 4.57 Å². The van der Waals surface area contributed by atoms with Gasteiger partial charge in [-0.3, -0.25) is 9.36 Å². The maximum atomic E-state index is 13.7. The molecule has 10 heteroatoms. The van der Waals surface area contributed by atoms with Crippen molar-refractivity contribution < 1.29 is 24.2 Å². The second-order valence-electron chi connectivity index (χ2n) is 7.83. The molecule has 0 unspecified atom stereocenters. The van der Waals surface area contributed by atoms with Crippen molar-refractivity contribution in [2.24, 2.45) is 4.99 Å². The van der Waals surface area contributed by atoms with Gasteiger partial charge in [0.05, 0.1) is 28.5 Å². The van der Waals surface area contributed by atoms with Crippen LogP contribution in [-0.2, 0) is 14.3 Å². The van der Waals surface area contributed by atoms with Crippen LogP contribution in [0.4, 0.5) is 0 Å². The molecule has 0 bridgehead atoms. The van der Waals surface area contributed by atoms with Crippen LogP contribution in [0.3, 0.4) is 0 Å². The second kappa shape index (κ2) is 11.0. The second-order valence-corrected chi connectivity index (χ2v) is 9.72. The van der Waals surface area contributed by atoms with Crippen molar-refractivity contribution in [3.63, 3.8) is 0 Å². The summed E-state index contributed by atoms with van der Waals surface area (Å²) in [7, 11) is 0. The van der Waals surface area contributed by atoms with Gasteiger partial charge in [0.15, 0.2) is 11.4 Å². The Bertz CT molecular complexity index is 1520. The molecule has 1 aliphatic heterocycles. The van der Waals surface area contributed by atoms with Gasteiger partial charge in [0.2, 0.25) is 0 Å². The number of nitrogens with zero attached hydrogens (tertiary/aromatic N) is 2. The maximum absolute atomic E-state index is 13.7. The number of thiazole rings is 1. The van der Waals surface area contributed by atoms with Gasteiger partial charge in [0.25, 0.3) is 5.56 Å². The third-order valence-electron chi connectivity index (χ3n) is 5.47. The van der Waals surface area contributed by atoms with Gasteiger partial charge in [-0.15, -0.1) is 11.8 Å². The molecule has 0 amide bonds. The Labute approximate surface area is 215 Å². The largest absolute Gasteiger partial charge is 0.482 e. The molecule has 186 valence electrons. The molecule has 0 spiro atoms. The highest BCUT2D eigenvalue weighted by Gasteiger charge is 2.33. The predicted octanol–water partition coefficient (Wildman–Crippen LogP) is 2.98. The van der Waals surface area contributed by atoms with Crippen molar-refractivity contribution >= 4 is 41.1 Å². The molecular weight excluding hydrogens is 500 g/mol. The molecule has 0 aliphatic carbocycles. The number of allylic oxidation sites excluding steroid dienone is 1. The number of thioether (sulfide) groups is 1. The van der Waals surface area contributed by atoms with E-state index in [2.05, 4.69) is 4.99 Å². The average molecular weight is 525 g/mol. The van der Waals surface area contributed by atoms with Crippen LogP contribution in [-0.4, -0.2) is 41.1 Å². The highest BCUT2D eigenvalue weighted by molar-refractivity contribution is 7.98. The summed E-state index contributed by atoms with van der Waals surface area (Å²) in [5, 5.41) is 8.85. The monoisotopic (exact) mass is 524 g/mol. The van der Waals surface area contributed by atoms with Gasteiger partial charge in [-0.25, -0.2) is 14.6 Å². The zero-order valence-corrected chi connectivity index (χ0v) is 21.5. The minimum atomic E-state index is -1.08. The van der Waals surface area contributed by atoms with Crippen molar-refractivity contribution in [3.8, 4) is 5.75 Å². The van der Waals surface area contributed by atoms with Crippen LogP contribution in [0.2, 0.25) is 0 Å². The lowest BCUT2D eigenvalue weighted by molar-refractivity contribution is -0.140. The van der Waals surface area contributed by atoms with Gasteiger partial charge in [0.1, 0.15) is 5.75 Å². The molecular formula is C26H24N2O6S2. The van der Waals surface area contributed by atoms with E-state index in [9.17, 15) is 14.4 Å². The Hall–Kier alpha value is -3.63.